The highest BCUT2D eigenvalue weighted by molar-refractivity contribution is 6.00. The fraction of sp³-hybridized carbons (Fsp3) is 0.684. The molecule has 5 heteroatoms. The van der Waals surface area contributed by atoms with Crippen LogP contribution in [-0.4, -0.2) is 37.4 Å². The van der Waals surface area contributed by atoms with E-state index < -0.39 is 0 Å². The van der Waals surface area contributed by atoms with Crippen LogP contribution >= 0.6 is 0 Å². The number of carbonyl (C=O) groups is 2. The summed E-state index contributed by atoms with van der Waals surface area (Å²) in [6, 6.07) is 0.453. The van der Waals surface area contributed by atoms with Crippen molar-refractivity contribution in [1.29, 1.82) is 0 Å². The first kappa shape index (κ1) is 20.6. The van der Waals surface area contributed by atoms with E-state index in [9.17, 15) is 9.59 Å². The lowest BCUT2D eigenvalue weighted by molar-refractivity contribution is -0.120. The maximum atomic E-state index is 12.4. The molecule has 0 heterocycles. The van der Waals surface area contributed by atoms with Gasteiger partial charge in [-0.2, -0.15) is 0 Å². The van der Waals surface area contributed by atoms with Crippen molar-refractivity contribution in [3.05, 3.63) is 23.3 Å². The topological polar surface area (TPSA) is 84.2 Å². The van der Waals surface area contributed by atoms with E-state index in [4.69, 9.17) is 5.73 Å². The number of rotatable bonds is 9. The molecule has 0 spiro atoms. The summed E-state index contributed by atoms with van der Waals surface area (Å²) in [6.07, 6.45) is 4.46. The van der Waals surface area contributed by atoms with Crippen LogP contribution in [0, 0.1) is 17.8 Å². The Labute approximate surface area is 146 Å². The van der Waals surface area contributed by atoms with E-state index in [0.29, 0.717) is 24.7 Å². The molecule has 0 saturated carbocycles. The molecule has 1 aliphatic carbocycles. The van der Waals surface area contributed by atoms with Crippen molar-refractivity contribution < 1.29 is 9.59 Å². The van der Waals surface area contributed by atoms with Crippen LogP contribution in [0.5, 0.6) is 0 Å². The molecule has 0 aromatic carbocycles. The van der Waals surface area contributed by atoms with Gasteiger partial charge in [-0.15, -0.1) is 0 Å². The van der Waals surface area contributed by atoms with Crippen molar-refractivity contribution in [2.45, 2.75) is 47.1 Å². The van der Waals surface area contributed by atoms with E-state index in [1.165, 1.54) is 0 Å². The molecule has 2 unspecified atom stereocenters. The number of ketones is 1. The second kappa shape index (κ2) is 9.74. The van der Waals surface area contributed by atoms with Crippen molar-refractivity contribution >= 4 is 11.7 Å². The normalized spacial score (nSPS) is 20.8. The fourth-order valence-electron chi connectivity index (χ4n) is 2.94. The van der Waals surface area contributed by atoms with E-state index in [1.807, 2.05) is 20.8 Å². The molecule has 5 nitrogen and oxygen atoms in total. The Bertz CT molecular complexity index is 507. The molecule has 2 atom stereocenters. The third-order valence-corrected chi connectivity index (χ3v) is 4.45. The second-order valence-corrected chi connectivity index (χ2v) is 7.11. The van der Waals surface area contributed by atoms with Gasteiger partial charge in [0.2, 0.25) is 5.91 Å². The number of carbonyl (C=O) groups excluding carboxylic acids is 2. The van der Waals surface area contributed by atoms with E-state index in [-0.39, 0.29) is 29.4 Å². The molecule has 24 heavy (non-hydrogen) atoms. The first-order chi connectivity index (χ1) is 11.3. The predicted octanol–water partition coefficient (Wildman–Crippen LogP) is 1.79. The second-order valence-electron chi connectivity index (χ2n) is 7.11. The van der Waals surface area contributed by atoms with Gasteiger partial charge in [-0.1, -0.05) is 46.8 Å². The summed E-state index contributed by atoms with van der Waals surface area (Å²) >= 11 is 0. The van der Waals surface area contributed by atoms with Crippen LogP contribution in [0.1, 0.15) is 41.0 Å². The van der Waals surface area contributed by atoms with Crippen molar-refractivity contribution in [3.8, 4) is 0 Å². The van der Waals surface area contributed by atoms with Crippen LogP contribution < -0.4 is 16.4 Å². The molecular weight excluding hydrogens is 302 g/mol. The fourth-order valence-corrected chi connectivity index (χ4v) is 2.94. The number of hydrogen-bond acceptors (Lipinski definition) is 4. The zero-order valence-electron chi connectivity index (χ0n) is 15.7. The summed E-state index contributed by atoms with van der Waals surface area (Å²) in [5.41, 5.74) is 7.35. The molecule has 1 aliphatic rings. The molecule has 0 bridgehead atoms. The highest BCUT2D eigenvalue weighted by atomic mass is 16.1. The van der Waals surface area contributed by atoms with Crippen LogP contribution in [0.15, 0.2) is 23.3 Å². The number of nitrogens with one attached hydrogen (secondary N) is 2. The van der Waals surface area contributed by atoms with Crippen LogP contribution in [0.4, 0.5) is 0 Å². The van der Waals surface area contributed by atoms with Crippen LogP contribution in [0.3, 0.4) is 0 Å². The Morgan fingerprint density at radius 3 is 2.29 bits per heavy atom. The largest absolute Gasteiger partial charge is 0.352 e. The third-order valence-electron chi connectivity index (χ3n) is 4.45. The van der Waals surface area contributed by atoms with Crippen LogP contribution in [-0.2, 0) is 9.59 Å². The number of amides is 1. The average molecular weight is 335 g/mol. The Kier molecular flexibility index (Phi) is 8.36. The summed E-state index contributed by atoms with van der Waals surface area (Å²) < 4.78 is 0. The van der Waals surface area contributed by atoms with Crippen molar-refractivity contribution in [2.24, 2.45) is 23.5 Å². The van der Waals surface area contributed by atoms with Gasteiger partial charge < -0.3 is 16.4 Å². The van der Waals surface area contributed by atoms with Gasteiger partial charge in [0.05, 0.1) is 0 Å². The number of hydrogen-bond donors (Lipinski definition) is 3. The number of Topliss-reactive ketones (excluding diaryl/α,β-unsaturated/α-hetero) is 1. The predicted molar refractivity (Wildman–Crippen MR) is 98.5 cm³/mol. The molecule has 0 saturated heterocycles. The standard InChI is InChI=1S/C19H33N3O2/c1-12(2)18(23)16-8-7-15(14(5)17(16)11-20)19(24)22-10-6-9-21-13(3)4/h7-8,12-14,17,21H,6,9-11,20H2,1-5H3,(H,22,24). The number of nitrogens with two attached hydrogens (primary N) is 1. The minimum Gasteiger partial charge on any atom is -0.352 e. The van der Waals surface area contributed by atoms with Gasteiger partial charge in [0.25, 0.3) is 0 Å². The molecule has 0 fully saturated rings. The molecule has 0 aliphatic heterocycles. The van der Waals surface area contributed by atoms with Gasteiger partial charge in [-0.05, 0) is 25.4 Å². The highest BCUT2D eigenvalue weighted by Crippen LogP contribution is 2.32. The Morgan fingerprint density at radius 1 is 1.12 bits per heavy atom. The maximum absolute atomic E-state index is 12.4. The van der Waals surface area contributed by atoms with Gasteiger partial charge in [0.15, 0.2) is 5.78 Å². The Morgan fingerprint density at radius 2 is 1.75 bits per heavy atom. The van der Waals surface area contributed by atoms with E-state index in [2.05, 4.69) is 24.5 Å². The van der Waals surface area contributed by atoms with Crippen LogP contribution in [0.25, 0.3) is 0 Å². The molecule has 0 aromatic heterocycles. The average Bonchev–Trinajstić information content (AvgIpc) is 2.52. The van der Waals surface area contributed by atoms with Gasteiger partial charge in [0.1, 0.15) is 0 Å². The van der Waals surface area contributed by atoms with E-state index in [0.717, 1.165) is 18.5 Å². The van der Waals surface area contributed by atoms with Gasteiger partial charge >= 0.3 is 0 Å². The first-order valence-electron chi connectivity index (χ1n) is 8.97. The molecular formula is C19H33N3O2. The highest BCUT2D eigenvalue weighted by Gasteiger charge is 2.32. The zero-order valence-corrected chi connectivity index (χ0v) is 15.7. The quantitative estimate of drug-likeness (QED) is 0.561. The van der Waals surface area contributed by atoms with Gasteiger partial charge in [-0.3, -0.25) is 9.59 Å². The van der Waals surface area contributed by atoms with Crippen molar-refractivity contribution in [3.63, 3.8) is 0 Å². The molecule has 1 amide bonds. The van der Waals surface area contributed by atoms with Gasteiger partial charge in [-0.25, -0.2) is 0 Å². The summed E-state index contributed by atoms with van der Waals surface area (Å²) in [4.78, 5) is 24.8. The van der Waals surface area contributed by atoms with Gasteiger partial charge in [0, 0.05) is 35.6 Å². The maximum Gasteiger partial charge on any atom is 0.247 e. The smallest absolute Gasteiger partial charge is 0.247 e. The minimum absolute atomic E-state index is 0.0495. The number of allylic oxidation sites excluding steroid dienone is 2. The van der Waals surface area contributed by atoms with Crippen LogP contribution in [0.2, 0.25) is 0 Å². The summed E-state index contributed by atoms with van der Waals surface area (Å²) in [7, 11) is 0. The van der Waals surface area contributed by atoms with E-state index >= 15 is 0 Å². The lowest BCUT2D eigenvalue weighted by Gasteiger charge is -2.30. The molecule has 0 aromatic rings. The SMILES string of the molecule is CC(C)NCCCNC(=O)C1=CC=C(C(=O)C(C)C)C(CN)C1C. The summed E-state index contributed by atoms with van der Waals surface area (Å²) in [6.45, 7) is 11.8. The summed E-state index contributed by atoms with van der Waals surface area (Å²) in [5, 5.41) is 6.29. The third kappa shape index (κ3) is 5.56. The molecule has 136 valence electrons. The lowest BCUT2D eigenvalue weighted by Crippen LogP contribution is -2.37. The Balaban J connectivity index is 2.70. The molecule has 0 radical (unpaired) electrons. The molecule has 1 rings (SSSR count). The monoisotopic (exact) mass is 335 g/mol. The van der Waals surface area contributed by atoms with E-state index in [1.54, 1.807) is 12.2 Å². The van der Waals surface area contributed by atoms with Crippen molar-refractivity contribution in [1.82, 2.24) is 10.6 Å². The lowest BCUT2D eigenvalue weighted by atomic mass is 9.75. The Hall–Kier alpha value is -1.46. The summed E-state index contributed by atoms with van der Waals surface area (Å²) in [5.74, 6) is -0.139. The van der Waals surface area contributed by atoms with Crippen molar-refractivity contribution in [2.75, 3.05) is 19.6 Å². The zero-order chi connectivity index (χ0) is 18.3. The minimum atomic E-state index is -0.0896. The first-order valence-corrected chi connectivity index (χ1v) is 8.97. The molecule has 4 N–H and O–H groups in total.